The number of nitrogens with zero attached hydrogens (tertiary/aromatic N) is 2. The van der Waals surface area contributed by atoms with E-state index in [4.69, 9.17) is 11.6 Å². The number of ketones is 1. The molecule has 1 heterocycles. The maximum absolute atomic E-state index is 12.9. The Bertz CT molecular complexity index is 445. The average Bonchev–Trinajstić information content (AvgIpc) is 2.32. The van der Waals surface area contributed by atoms with E-state index in [-0.39, 0.29) is 10.8 Å². The van der Waals surface area contributed by atoms with Crippen LogP contribution < -0.4 is 0 Å². The summed E-state index contributed by atoms with van der Waals surface area (Å²) in [5.74, 6) is -0.472. The molecule has 1 saturated heterocycles. The number of halogens is 2. The quantitative estimate of drug-likeness (QED) is 0.784. The molecule has 0 atom stereocenters. The summed E-state index contributed by atoms with van der Waals surface area (Å²) in [5, 5.41) is 0.189. The fourth-order valence-corrected chi connectivity index (χ4v) is 2.28. The summed E-state index contributed by atoms with van der Waals surface area (Å²) in [6, 6.07) is 3.90. The Kier molecular flexibility index (Phi) is 4.32. The summed E-state index contributed by atoms with van der Waals surface area (Å²) >= 11 is 5.88. The lowest BCUT2D eigenvalue weighted by Gasteiger charge is -2.31. The molecule has 0 N–H and O–H groups in total. The summed E-state index contributed by atoms with van der Waals surface area (Å²) in [6.45, 7) is 4.02. The van der Waals surface area contributed by atoms with Crippen LogP contribution in [-0.2, 0) is 0 Å². The Balaban J connectivity index is 1.99. The van der Waals surface area contributed by atoms with Crippen LogP contribution >= 0.6 is 11.6 Å². The van der Waals surface area contributed by atoms with Crippen molar-refractivity contribution in [1.29, 1.82) is 0 Å². The topological polar surface area (TPSA) is 23.6 Å². The molecule has 1 aliphatic heterocycles. The third kappa shape index (κ3) is 3.28. The van der Waals surface area contributed by atoms with Gasteiger partial charge in [-0.3, -0.25) is 9.69 Å². The van der Waals surface area contributed by atoms with Crippen LogP contribution in [0.2, 0.25) is 5.02 Å². The van der Waals surface area contributed by atoms with Crippen molar-refractivity contribution >= 4 is 17.4 Å². The molecular formula is C13H16ClFN2O. The molecule has 0 spiro atoms. The van der Waals surface area contributed by atoms with E-state index in [1.54, 1.807) is 0 Å². The van der Waals surface area contributed by atoms with Crippen molar-refractivity contribution in [2.75, 3.05) is 39.8 Å². The summed E-state index contributed by atoms with van der Waals surface area (Å²) in [7, 11) is 2.07. The fraction of sp³-hybridized carbons (Fsp3) is 0.462. The molecule has 1 aromatic rings. The maximum Gasteiger partial charge on any atom is 0.178 e. The number of carbonyl (C=O) groups excluding carboxylic acids is 1. The maximum atomic E-state index is 12.9. The van der Waals surface area contributed by atoms with Gasteiger partial charge in [0.05, 0.1) is 11.6 Å². The summed E-state index contributed by atoms with van der Waals surface area (Å²) in [5.41, 5.74) is 0.400. The minimum absolute atomic E-state index is 0.0513. The first-order valence-electron chi connectivity index (χ1n) is 5.95. The Morgan fingerprint density at radius 1 is 1.33 bits per heavy atom. The number of rotatable bonds is 3. The molecule has 0 amide bonds. The highest BCUT2D eigenvalue weighted by Crippen LogP contribution is 2.18. The molecule has 0 saturated carbocycles. The van der Waals surface area contributed by atoms with Gasteiger partial charge >= 0.3 is 0 Å². The van der Waals surface area contributed by atoms with Gasteiger partial charge in [-0.05, 0) is 25.2 Å². The van der Waals surface area contributed by atoms with Crippen molar-refractivity contribution in [3.05, 3.63) is 34.6 Å². The third-order valence-electron chi connectivity index (χ3n) is 3.19. The van der Waals surface area contributed by atoms with Crippen molar-refractivity contribution in [1.82, 2.24) is 9.80 Å². The monoisotopic (exact) mass is 270 g/mol. The van der Waals surface area contributed by atoms with Crippen LogP contribution in [-0.4, -0.2) is 55.4 Å². The Morgan fingerprint density at radius 3 is 2.61 bits per heavy atom. The molecule has 1 aromatic carbocycles. The zero-order chi connectivity index (χ0) is 13.1. The Hall–Kier alpha value is -0.970. The molecule has 0 bridgehead atoms. The van der Waals surface area contributed by atoms with E-state index in [9.17, 15) is 9.18 Å². The smallest absolute Gasteiger partial charge is 0.178 e. The number of piperazine rings is 1. The van der Waals surface area contributed by atoms with E-state index in [0.717, 1.165) is 26.2 Å². The standard InChI is InChI=1S/C13H16ClFN2O/c1-16-4-6-17(7-5-16)9-13(18)11-3-2-10(15)8-12(11)14/h2-3,8H,4-7,9H2,1H3. The van der Waals surface area contributed by atoms with Gasteiger partial charge in [0.2, 0.25) is 0 Å². The molecule has 5 heteroatoms. The largest absolute Gasteiger partial charge is 0.304 e. The van der Waals surface area contributed by atoms with Crippen LogP contribution in [0.1, 0.15) is 10.4 Å². The molecule has 18 heavy (non-hydrogen) atoms. The predicted molar refractivity (Wildman–Crippen MR) is 69.7 cm³/mol. The van der Waals surface area contributed by atoms with Crippen molar-refractivity contribution < 1.29 is 9.18 Å². The zero-order valence-corrected chi connectivity index (χ0v) is 11.1. The molecule has 98 valence electrons. The van der Waals surface area contributed by atoms with Crippen LogP contribution in [0.15, 0.2) is 18.2 Å². The molecule has 1 fully saturated rings. The number of hydrogen-bond donors (Lipinski definition) is 0. The van der Waals surface area contributed by atoms with Crippen LogP contribution in [0.4, 0.5) is 4.39 Å². The van der Waals surface area contributed by atoms with E-state index >= 15 is 0 Å². The van der Waals surface area contributed by atoms with Gasteiger partial charge in [-0.15, -0.1) is 0 Å². The number of hydrogen-bond acceptors (Lipinski definition) is 3. The first-order valence-corrected chi connectivity index (χ1v) is 6.33. The van der Waals surface area contributed by atoms with Crippen molar-refractivity contribution in [2.24, 2.45) is 0 Å². The minimum Gasteiger partial charge on any atom is -0.304 e. The van der Waals surface area contributed by atoms with Crippen molar-refractivity contribution in [2.45, 2.75) is 0 Å². The van der Waals surface area contributed by atoms with Gasteiger partial charge in [-0.2, -0.15) is 0 Å². The first kappa shape index (κ1) is 13.5. The summed E-state index contributed by atoms with van der Waals surface area (Å²) in [4.78, 5) is 16.4. The molecule has 0 unspecified atom stereocenters. The van der Waals surface area contributed by atoms with Gasteiger partial charge in [0.25, 0.3) is 0 Å². The van der Waals surface area contributed by atoms with E-state index < -0.39 is 5.82 Å². The second-order valence-corrected chi connectivity index (χ2v) is 5.03. The van der Waals surface area contributed by atoms with Gasteiger partial charge in [0, 0.05) is 31.7 Å². The van der Waals surface area contributed by atoms with Gasteiger partial charge in [0.15, 0.2) is 5.78 Å². The number of benzene rings is 1. The van der Waals surface area contributed by atoms with Gasteiger partial charge in [-0.1, -0.05) is 11.6 Å². The van der Waals surface area contributed by atoms with Gasteiger partial charge in [0.1, 0.15) is 5.82 Å². The van der Waals surface area contributed by atoms with E-state index in [1.807, 2.05) is 0 Å². The summed E-state index contributed by atoms with van der Waals surface area (Å²) in [6.07, 6.45) is 0. The number of likely N-dealkylation sites (N-methyl/N-ethyl adjacent to an activating group) is 1. The molecular weight excluding hydrogens is 255 g/mol. The molecule has 3 nitrogen and oxygen atoms in total. The van der Waals surface area contributed by atoms with Crippen LogP contribution in [0, 0.1) is 5.82 Å². The SMILES string of the molecule is CN1CCN(CC(=O)c2ccc(F)cc2Cl)CC1. The molecule has 1 aliphatic rings. The lowest BCUT2D eigenvalue weighted by Crippen LogP contribution is -2.46. The van der Waals surface area contributed by atoms with Crippen molar-refractivity contribution in [3.8, 4) is 0 Å². The van der Waals surface area contributed by atoms with Crippen LogP contribution in [0.25, 0.3) is 0 Å². The number of Topliss-reactive ketones (excluding diaryl/α,β-unsaturated/α-hetero) is 1. The third-order valence-corrected chi connectivity index (χ3v) is 3.51. The lowest BCUT2D eigenvalue weighted by molar-refractivity contribution is 0.0876. The van der Waals surface area contributed by atoms with Gasteiger partial charge in [-0.25, -0.2) is 4.39 Å². The Labute approximate surface area is 111 Å². The molecule has 0 radical (unpaired) electrons. The number of carbonyl (C=O) groups is 1. The highest BCUT2D eigenvalue weighted by atomic mass is 35.5. The second-order valence-electron chi connectivity index (χ2n) is 4.63. The summed E-state index contributed by atoms with van der Waals surface area (Å²) < 4.78 is 12.9. The van der Waals surface area contributed by atoms with Crippen LogP contribution in [0.5, 0.6) is 0 Å². The normalized spacial score (nSPS) is 17.9. The Morgan fingerprint density at radius 2 is 2.00 bits per heavy atom. The van der Waals surface area contributed by atoms with E-state index in [1.165, 1.54) is 18.2 Å². The van der Waals surface area contributed by atoms with E-state index in [0.29, 0.717) is 12.1 Å². The predicted octanol–water partition coefficient (Wildman–Crippen LogP) is 1.91. The molecule has 0 aliphatic carbocycles. The molecule has 2 rings (SSSR count). The van der Waals surface area contributed by atoms with Gasteiger partial charge < -0.3 is 4.90 Å². The van der Waals surface area contributed by atoms with E-state index in [2.05, 4.69) is 16.8 Å². The first-order chi connectivity index (χ1) is 8.56. The van der Waals surface area contributed by atoms with Crippen molar-refractivity contribution in [3.63, 3.8) is 0 Å². The molecule has 0 aromatic heterocycles. The van der Waals surface area contributed by atoms with Crippen LogP contribution in [0.3, 0.4) is 0 Å². The average molecular weight is 271 g/mol. The highest BCUT2D eigenvalue weighted by Gasteiger charge is 2.18. The fourth-order valence-electron chi connectivity index (χ4n) is 2.01. The lowest BCUT2D eigenvalue weighted by atomic mass is 10.1. The minimum atomic E-state index is -0.420. The zero-order valence-electron chi connectivity index (χ0n) is 10.3. The second kappa shape index (κ2) is 5.78. The highest BCUT2D eigenvalue weighted by molar-refractivity contribution is 6.34.